The highest BCUT2D eigenvalue weighted by Gasteiger charge is 2.31. The number of nitro benzene ring substituents is 1. The zero-order chi connectivity index (χ0) is 18.2. The number of benzene rings is 1. The molecule has 2 rings (SSSR count). The minimum atomic E-state index is -1.08. The summed E-state index contributed by atoms with van der Waals surface area (Å²) in [7, 11) is 0. The molecule has 1 heterocycles. The van der Waals surface area contributed by atoms with Crippen molar-refractivity contribution in [3.63, 3.8) is 0 Å². The van der Waals surface area contributed by atoms with Crippen molar-refractivity contribution in [2.75, 3.05) is 0 Å². The van der Waals surface area contributed by atoms with Gasteiger partial charge in [0.2, 0.25) is 0 Å². The molecule has 0 fully saturated rings. The van der Waals surface area contributed by atoms with Crippen LogP contribution in [0, 0.1) is 26.9 Å². The Labute approximate surface area is 134 Å². The molecule has 0 unspecified atom stereocenters. The van der Waals surface area contributed by atoms with Gasteiger partial charge >= 0.3 is 5.82 Å². The molecule has 0 bridgehead atoms. The van der Waals surface area contributed by atoms with Crippen molar-refractivity contribution in [2.24, 2.45) is 5.41 Å². The van der Waals surface area contributed by atoms with E-state index in [2.05, 4.69) is 8.83 Å². The van der Waals surface area contributed by atoms with Crippen LogP contribution in [-0.2, 0) is 4.79 Å². The number of carbonyl (C=O) groups excluding carboxylic acids is 1. The zero-order valence-electron chi connectivity index (χ0n) is 12.9. The fourth-order valence-corrected chi connectivity index (χ4v) is 1.97. The van der Waals surface area contributed by atoms with E-state index in [1.165, 1.54) is 20.8 Å². The second kappa shape index (κ2) is 5.66. The van der Waals surface area contributed by atoms with Gasteiger partial charge < -0.3 is 13.9 Å². The van der Waals surface area contributed by atoms with Crippen molar-refractivity contribution < 1.29 is 23.7 Å². The number of fused-ring (bicyclic) bond motifs is 1. The number of hydrogen-bond acceptors (Lipinski definition) is 8. The molecule has 0 aliphatic rings. The maximum absolute atomic E-state index is 12.3. The van der Waals surface area contributed by atoms with Crippen LogP contribution in [0.25, 0.3) is 16.9 Å². The summed E-state index contributed by atoms with van der Waals surface area (Å²) in [4.78, 5) is 33.7. The first-order valence-corrected chi connectivity index (χ1v) is 6.67. The van der Waals surface area contributed by atoms with Gasteiger partial charge in [0.15, 0.2) is 22.7 Å². The lowest BCUT2D eigenvalue weighted by molar-refractivity contribution is -0.385. The monoisotopic (exact) mass is 332 g/mol. The van der Waals surface area contributed by atoms with Gasteiger partial charge in [-0.3, -0.25) is 14.9 Å². The number of aliphatic hydroxyl groups excluding tert-OH is 1. The number of nitro groups is 1. The molecular formula is C15H12N2O7. The summed E-state index contributed by atoms with van der Waals surface area (Å²) in [5.41, 5.74) is -3.03. The van der Waals surface area contributed by atoms with E-state index in [0.717, 1.165) is 12.1 Å². The lowest BCUT2D eigenvalue weighted by Crippen LogP contribution is -2.22. The molecule has 124 valence electrons. The van der Waals surface area contributed by atoms with Crippen molar-refractivity contribution in [1.29, 1.82) is 5.26 Å². The number of nitriles is 1. The Bertz CT molecular complexity index is 980. The van der Waals surface area contributed by atoms with Gasteiger partial charge in [-0.1, -0.05) is 20.8 Å². The number of aliphatic hydroxyl groups is 1. The van der Waals surface area contributed by atoms with Gasteiger partial charge in [0.25, 0.3) is 5.69 Å². The van der Waals surface area contributed by atoms with Gasteiger partial charge in [0, 0.05) is 11.5 Å². The number of Topliss-reactive ketones (excluding diaryl/α,β-unsaturated/α-hetero) is 1. The first-order valence-electron chi connectivity index (χ1n) is 6.67. The van der Waals surface area contributed by atoms with E-state index in [9.17, 15) is 30.1 Å². The number of allylic oxidation sites excluding steroid dienone is 1. The Balaban J connectivity index is 2.82. The number of carbonyl (C=O) groups is 1. The molecule has 9 nitrogen and oxygen atoms in total. The average molecular weight is 332 g/mol. The third-order valence-electron chi connectivity index (χ3n) is 3.16. The van der Waals surface area contributed by atoms with Gasteiger partial charge in [-0.15, -0.1) is 0 Å². The number of hydrogen-bond donors (Lipinski definition) is 1. The topological polar surface area (TPSA) is 148 Å². The van der Waals surface area contributed by atoms with Crippen molar-refractivity contribution in [3.8, 4) is 6.07 Å². The van der Waals surface area contributed by atoms with Crippen LogP contribution >= 0.6 is 0 Å². The molecule has 1 N–H and O–H groups in total. The smallest absolute Gasteiger partial charge is 0.506 e. The molecule has 0 spiro atoms. The van der Waals surface area contributed by atoms with E-state index in [0.29, 0.717) is 0 Å². The fourth-order valence-electron chi connectivity index (χ4n) is 1.97. The fraction of sp³-hybridized carbons (Fsp3) is 0.267. The van der Waals surface area contributed by atoms with E-state index < -0.39 is 44.5 Å². The summed E-state index contributed by atoms with van der Waals surface area (Å²) >= 11 is 0. The lowest BCUT2D eigenvalue weighted by Gasteiger charge is -2.16. The van der Waals surface area contributed by atoms with Crippen LogP contribution in [0.1, 0.15) is 26.3 Å². The summed E-state index contributed by atoms with van der Waals surface area (Å²) in [6, 6.07) is 3.42. The van der Waals surface area contributed by atoms with Crippen molar-refractivity contribution in [2.45, 2.75) is 20.8 Å². The maximum atomic E-state index is 12.3. The van der Waals surface area contributed by atoms with Crippen LogP contribution in [0.5, 0.6) is 0 Å². The molecule has 0 aliphatic heterocycles. The third kappa shape index (κ3) is 2.89. The van der Waals surface area contributed by atoms with Crippen molar-refractivity contribution in [1.82, 2.24) is 0 Å². The van der Waals surface area contributed by atoms with Gasteiger partial charge in [-0.25, -0.2) is 4.79 Å². The molecule has 0 amide bonds. The molecule has 9 heteroatoms. The van der Waals surface area contributed by atoms with Crippen LogP contribution in [0.15, 0.2) is 31.3 Å². The van der Waals surface area contributed by atoms with E-state index in [1.807, 2.05) is 0 Å². The van der Waals surface area contributed by atoms with Crippen molar-refractivity contribution >= 4 is 28.4 Å². The minimum absolute atomic E-state index is 0.160. The summed E-state index contributed by atoms with van der Waals surface area (Å²) in [5.74, 6) is -2.63. The standard InChI is InChI=1S/C15H12N2O7/c1-15(2,3)13(19)8(6-16)12(18)7-4-10-11(24-14(20)23-10)5-9(7)17(21)22/h4-5,18H,1-3H3/b12-8-. The second-order valence-corrected chi connectivity index (χ2v) is 5.94. The molecule has 0 saturated heterocycles. The molecule has 24 heavy (non-hydrogen) atoms. The molecule has 0 atom stereocenters. The van der Waals surface area contributed by atoms with Gasteiger partial charge in [0.1, 0.15) is 11.6 Å². The quantitative estimate of drug-likeness (QED) is 0.296. The van der Waals surface area contributed by atoms with Crippen molar-refractivity contribution in [3.05, 3.63) is 44.0 Å². The highest BCUT2D eigenvalue weighted by atomic mass is 16.6. The Kier molecular flexibility index (Phi) is 4.00. The first-order chi connectivity index (χ1) is 11.1. The molecule has 1 aromatic carbocycles. The van der Waals surface area contributed by atoms with Gasteiger partial charge in [-0.05, 0) is 0 Å². The number of nitrogens with zero attached hydrogens (tertiary/aromatic N) is 2. The van der Waals surface area contributed by atoms with Crippen LogP contribution in [0.2, 0.25) is 0 Å². The molecule has 0 radical (unpaired) electrons. The highest BCUT2D eigenvalue weighted by Crippen LogP contribution is 2.33. The normalized spacial score (nSPS) is 12.6. The molecule has 2 aromatic rings. The molecular weight excluding hydrogens is 320 g/mol. The number of ketones is 1. The van der Waals surface area contributed by atoms with Crippen LogP contribution in [-0.4, -0.2) is 15.8 Å². The molecule has 0 saturated carbocycles. The predicted octanol–water partition coefficient (Wildman–Crippen LogP) is 2.70. The minimum Gasteiger partial charge on any atom is -0.506 e. The largest absolute Gasteiger partial charge is 0.519 e. The Hall–Kier alpha value is -3.41. The predicted molar refractivity (Wildman–Crippen MR) is 81.0 cm³/mol. The van der Waals surface area contributed by atoms with Gasteiger partial charge in [-0.2, -0.15) is 5.26 Å². The Morgan fingerprint density at radius 2 is 1.83 bits per heavy atom. The second-order valence-electron chi connectivity index (χ2n) is 5.94. The molecule has 0 aliphatic carbocycles. The van der Waals surface area contributed by atoms with E-state index >= 15 is 0 Å². The third-order valence-corrected chi connectivity index (χ3v) is 3.16. The number of rotatable bonds is 3. The van der Waals surface area contributed by atoms with Crippen LogP contribution < -0.4 is 5.82 Å². The average Bonchev–Trinajstić information content (AvgIpc) is 2.84. The lowest BCUT2D eigenvalue weighted by atomic mass is 9.85. The Morgan fingerprint density at radius 1 is 1.29 bits per heavy atom. The van der Waals surface area contributed by atoms with E-state index in [-0.39, 0.29) is 11.2 Å². The SMILES string of the molecule is CC(C)(C)C(=O)/C(C#N)=C(\O)c1cc2oc(=O)oc2cc1[N+](=O)[O-]. The zero-order valence-corrected chi connectivity index (χ0v) is 12.9. The summed E-state index contributed by atoms with van der Waals surface area (Å²) in [6.45, 7) is 4.60. The van der Waals surface area contributed by atoms with Crippen LogP contribution in [0.3, 0.4) is 0 Å². The summed E-state index contributed by atoms with van der Waals surface area (Å²) in [5, 5.41) is 30.7. The van der Waals surface area contributed by atoms with Crippen LogP contribution in [0.4, 0.5) is 5.69 Å². The molecule has 1 aromatic heterocycles. The maximum Gasteiger partial charge on any atom is 0.519 e. The highest BCUT2D eigenvalue weighted by molar-refractivity contribution is 6.08. The van der Waals surface area contributed by atoms with E-state index in [1.54, 1.807) is 6.07 Å². The summed E-state index contributed by atoms with van der Waals surface area (Å²) < 4.78 is 9.31. The summed E-state index contributed by atoms with van der Waals surface area (Å²) in [6.07, 6.45) is 0. The Morgan fingerprint density at radius 3 is 2.29 bits per heavy atom. The first kappa shape index (κ1) is 17.0. The van der Waals surface area contributed by atoms with E-state index in [4.69, 9.17) is 0 Å². The van der Waals surface area contributed by atoms with Gasteiger partial charge in [0.05, 0.1) is 16.6 Å².